The number of aromatic nitrogens is 1. The van der Waals surface area contributed by atoms with Gasteiger partial charge < -0.3 is 10.3 Å². The summed E-state index contributed by atoms with van der Waals surface area (Å²) >= 11 is 0. The second-order valence-corrected chi connectivity index (χ2v) is 6.95. The van der Waals surface area contributed by atoms with Crippen molar-refractivity contribution in [1.82, 2.24) is 10.3 Å². The van der Waals surface area contributed by atoms with Gasteiger partial charge in [-0.3, -0.25) is 9.59 Å². The lowest BCUT2D eigenvalue weighted by Gasteiger charge is -2.13. The maximum Gasteiger partial charge on any atom is 0.251 e. The van der Waals surface area contributed by atoms with Crippen LogP contribution in [-0.4, -0.2) is 17.4 Å². The van der Waals surface area contributed by atoms with E-state index in [1.807, 2.05) is 31.2 Å². The van der Waals surface area contributed by atoms with Crippen molar-refractivity contribution in [2.24, 2.45) is 5.92 Å². The van der Waals surface area contributed by atoms with E-state index in [1.54, 1.807) is 25.1 Å². The van der Waals surface area contributed by atoms with E-state index in [1.165, 1.54) is 6.07 Å². The molecule has 5 heteroatoms. The molecule has 1 heterocycles. The minimum Gasteiger partial charge on any atom is -0.356 e. The van der Waals surface area contributed by atoms with Gasteiger partial charge in [-0.25, -0.2) is 4.39 Å². The maximum absolute atomic E-state index is 13.7. The first-order valence-corrected chi connectivity index (χ1v) is 9.07. The van der Waals surface area contributed by atoms with E-state index in [-0.39, 0.29) is 23.2 Å². The minimum absolute atomic E-state index is 0.137. The van der Waals surface area contributed by atoms with E-state index in [0.29, 0.717) is 30.5 Å². The molecule has 0 fully saturated rings. The number of halogens is 1. The fourth-order valence-electron chi connectivity index (χ4n) is 3.13. The Morgan fingerprint density at radius 1 is 1.15 bits per heavy atom. The van der Waals surface area contributed by atoms with Gasteiger partial charge in [0.25, 0.3) is 5.56 Å². The molecule has 140 valence electrons. The molecule has 3 rings (SSSR count). The fourth-order valence-corrected chi connectivity index (χ4v) is 3.13. The molecule has 2 aromatic carbocycles. The van der Waals surface area contributed by atoms with Crippen LogP contribution < -0.4 is 10.9 Å². The number of pyridine rings is 1. The van der Waals surface area contributed by atoms with Gasteiger partial charge in [-0.05, 0) is 54.5 Å². The van der Waals surface area contributed by atoms with Crippen LogP contribution in [0.1, 0.15) is 23.6 Å². The third kappa shape index (κ3) is 4.61. The van der Waals surface area contributed by atoms with E-state index >= 15 is 0 Å². The Labute approximate surface area is 157 Å². The smallest absolute Gasteiger partial charge is 0.251 e. The lowest BCUT2D eigenvalue weighted by Crippen LogP contribution is -2.32. The molecule has 0 aliphatic rings. The average Bonchev–Trinajstić information content (AvgIpc) is 2.64. The van der Waals surface area contributed by atoms with Crippen LogP contribution in [0.5, 0.6) is 0 Å². The number of hydrogen-bond donors (Lipinski definition) is 2. The summed E-state index contributed by atoms with van der Waals surface area (Å²) in [4.78, 5) is 27.4. The van der Waals surface area contributed by atoms with Crippen LogP contribution in [0.4, 0.5) is 4.39 Å². The summed E-state index contributed by atoms with van der Waals surface area (Å²) in [5.41, 5.74) is 2.92. The number of carbonyl (C=O) groups excluding carboxylic acids is 1. The van der Waals surface area contributed by atoms with Crippen molar-refractivity contribution >= 4 is 16.8 Å². The van der Waals surface area contributed by atoms with E-state index in [0.717, 1.165) is 16.5 Å². The van der Waals surface area contributed by atoms with Gasteiger partial charge >= 0.3 is 0 Å². The van der Waals surface area contributed by atoms with E-state index in [9.17, 15) is 14.0 Å². The zero-order valence-corrected chi connectivity index (χ0v) is 15.5. The molecule has 0 saturated heterocycles. The highest BCUT2D eigenvalue weighted by Gasteiger charge is 2.15. The third-order valence-electron chi connectivity index (χ3n) is 4.70. The predicted molar refractivity (Wildman–Crippen MR) is 105 cm³/mol. The normalized spacial score (nSPS) is 12.1. The summed E-state index contributed by atoms with van der Waals surface area (Å²) < 4.78 is 13.7. The number of carbonyl (C=O) groups is 1. The molecule has 0 saturated carbocycles. The maximum atomic E-state index is 13.7. The van der Waals surface area contributed by atoms with Crippen molar-refractivity contribution in [1.29, 1.82) is 0 Å². The number of H-pyrrole nitrogens is 1. The summed E-state index contributed by atoms with van der Waals surface area (Å²) in [6.07, 6.45) is 0.783. The molecule has 0 spiro atoms. The molecule has 1 amide bonds. The van der Waals surface area contributed by atoms with Crippen molar-refractivity contribution < 1.29 is 9.18 Å². The van der Waals surface area contributed by atoms with Crippen LogP contribution in [0.3, 0.4) is 0 Å². The summed E-state index contributed by atoms with van der Waals surface area (Å²) in [5, 5.41) is 3.81. The molecule has 0 radical (unpaired) electrons. The van der Waals surface area contributed by atoms with Gasteiger partial charge in [-0.15, -0.1) is 0 Å². The molecule has 27 heavy (non-hydrogen) atoms. The van der Waals surface area contributed by atoms with Gasteiger partial charge in [0.05, 0.1) is 0 Å². The van der Waals surface area contributed by atoms with Crippen molar-refractivity contribution in [3.8, 4) is 0 Å². The quantitative estimate of drug-likeness (QED) is 0.701. The third-order valence-corrected chi connectivity index (χ3v) is 4.70. The molecule has 1 unspecified atom stereocenters. The Hall–Kier alpha value is -2.95. The van der Waals surface area contributed by atoms with Crippen molar-refractivity contribution in [3.63, 3.8) is 0 Å². The second-order valence-electron chi connectivity index (χ2n) is 6.95. The highest BCUT2D eigenvalue weighted by Crippen LogP contribution is 2.14. The summed E-state index contributed by atoms with van der Waals surface area (Å²) in [7, 11) is 0. The second kappa shape index (κ2) is 8.16. The zero-order valence-electron chi connectivity index (χ0n) is 15.5. The standard InChI is InChI=1S/C22H23FN2O2/c1-14-7-8-17-13-18(22(27)25-20(17)11-14)9-10-24-21(26)15(2)12-16-5-3-4-6-19(16)23/h3-8,11,13,15H,9-10,12H2,1-2H3,(H,24,26)(H,25,27). The molecular formula is C22H23FN2O2. The van der Waals surface area contributed by atoms with Crippen LogP contribution in [0.25, 0.3) is 10.9 Å². The van der Waals surface area contributed by atoms with Crippen LogP contribution in [0.15, 0.2) is 53.3 Å². The Kier molecular flexibility index (Phi) is 5.69. The van der Waals surface area contributed by atoms with Crippen LogP contribution in [0, 0.1) is 18.7 Å². The highest BCUT2D eigenvalue weighted by molar-refractivity contribution is 5.80. The number of aryl methyl sites for hydroxylation is 1. The Bertz CT molecular complexity index is 1030. The van der Waals surface area contributed by atoms with Crippen LogP contribution in [-0.2, 0) is 17.6 Å². The molecule has 1 atom stereocenters. The minimum atomic E-state index is -0.347. The number of nitrogens with one attached hydrogen (secondary N) is 2. The molecule has 4 nitrogen and oxygen atoms in total. The highest BCUT2D eigenvalue weighted by atomic mass is 19.1. The van der Waals surface area contributed by atoms with Crippen molar-refractivity contribution in [2.75, 3.05) is 6.54 Å². The lowest BCUT2D eigenvalue weighted by atomic mass is 10.00. The Morgan fingerprint density at radius 3 is 2.70 bits per heavy atom. The number of amides is 1. The van der Waals surface area contributed by atoms with Crippen molar-refractivity contribution in [2.45, 2.75) is 26.7 Å². The Balaban J connectivity index is 1.59. The molecule has 1 aromatic heterocycles. The largest absolute Gasteiger partial charge is 0.356 e. The van der Waals surface area contributed by atoms with E-state index in [2.05, 4.69) is 10.3 Å². The number of benzene rings is 2. The number of fused-ring (bicyclic) bond motifs is 1. The molecule has 2 N–H and O–H groups in total. The zero-order chi connectivity index (χ0) is 19.4. The van der Waals surface area contributed by atoms with Gasteiger partial charge in [-0.2, -0.15) is 0 Å². The molecule has 0 aliphatic carbocycles. The van der Waals surface area contributed by atoms with E-state index < -0.39 is 0 Å². The van der Waals surface area contributed by atoms with Gasteiger partial charge in [0.1, 0.15) is 5.82 Å². The molecule has 0 bridgehead atoms. The monoisotopic (exact) mass is 366 g/mol. The van der Waals surface area contributed by atoms with Gasteiger partial charge in [-0.1, -0.05) is 37.3 Å². The van der Waals surface area contributed by atoms with Gasteiger partial charge in [0.15, 0.2) is 0 Å². The first-order chi connectivity index (χ1) is 12.9. The number of hydrogen-bond acceptors (Lipinski definition) is 2. The van der Waals surface area contributed by atoms with E-state index in [4.69, 9.17) is 0 Å². The Morgan fingerprint density at radius 2 is 1.93 bits per heavy atom. The van der Waals surface area contributed by atoms with Gasteiger partial charge in [0, 0.05) is 23.5 Å². The lowest BCUT2D eigenvalue weighted by molar-refractivity contribution is -0.124. The fraction of sp³-hybridized carbons (Fsp3) is 0.273. The first kappa shape index (κ1) is 18.8. The molecule has 0 aliphatic heterocycles. The molecule has 3 aromatic rings. The average molecular weight is 366 g/mol. The van der Waals surface area contributed by atoms with Crippen LogP contribution >= 0.6 is 0 Å². The number of rotatable bonds is 6. The summed E-state index contributed by atoms with van der Waals surface area (Å²) in [6.45, 7) is 4.11. The summed E-state index contributed by atoms with van der Waals surface area (Å²) in [5.74, 6) is -0.791. The van der Waals surface area contributed by atoms with Crippen molar-refractivity contribution in [3.05, 3.63) is 81.4 Å². The summed E-state index contributed by atoms with van der Waals surface area (Å²) in [6, 6.07) is 14.2. The van der Waals surface area contributed by atoms with Gasteiger partial charge in [0.2, 0.25) is 5.91 Å². The topological polar surface area (TPSA) is 62.0 Å². The van der Waals surface area contributed by atoms with Crippen LogP contribution in [0.2, 0.25) is 0 Å². The first-order valence-electron chi connectivity index (χ1n) is 9.07. The SMILES string of the molecule is Cc1ccc2cc(CCNC(=O)C(C)Cc3ccccc3F)c(=O)[nH]c2c1. The molecular weight excluding hydrogens is 343 g/mol. The number of aromatic amines is 1. The predicted octanol–water partition coefficient (Wildman–Crippen LogP) is 3.51.